The van der Waals surface area contributed by atoms with Gasteiger partial charge in [0.15, 0.2) is 12.4 Å². The largest absolute Gasteiger partial charge is 0.457 e. The number of aryl methyl sites for hydroxylation is 1. The van der Waals surface area contributed by atoms with Crippen molar-refractivity contribution in [2.45, 2.75) is 6.42 Å². The van der Waals surface area contributed by atoms with E-state index in [0.29, 0.717) is 16.5 Å². The van der Waals surface area contributed by atoms with Gasteiger partial charge < -0.3 is 4.74 Å². The van der Waals surface area contributed by atoms with Crippen LogP contribution in [-0.4, -0.2) is 28.1 Å². The highest BCUT2D eigenvalue weighted by Crippen LogP contribution is 2.14. The molecule has 132 valence electrons. The van der Waals surface area contributed by atoms with Gasteiger partial charge in [-0.2, -0.15) is 5.10 Å². The number of Topliss-reactive ketones (excluding diaryl/α,β-unsaturated/α-hetero) is 1. The summed E-state index contributed by atoms with van der Waals surface area (Å²) in [5.41, 5.74) is 0.385. The van der Waals surface area contributed by atoms with Gasteiger partial charge in [-0.25, -0.2) is 9.07 Å². The Kier molecular flexibility index (Phi) is 4.88. The highest BCUT2D eigenvalue weighted by atomic mass is 19.1. The molecule has 0 aliphatic carbocycles. The summed E-state index contributed by atoms with van der Waals surface area (Å²) in [5, 5.41) is 5.13. The number of halogens is 1. The van der Waals surface area contributed by atoms with Gasteiger partial charge in [-0.3, -0.25) is 14.4 Å². The zero-order valence-electron chi connectivity index (χ0n) is 13.9. The Hall–Kier alpha value is -3.35. The second-order valence-corrected chi connectivity index (χ2v) is 5.69. The molecule has 0 spiro atoms. The molecular weight excluding hydrogens is 339 g/mol. The second-order valence-electron chi connectivity index (χ2n) is 5.69. The average Bonchev–Trinajstić information content (AvgIpc) is 2.64. The van der Waals surface area contributed by atoms with Crippen molar-refractivity contribution in [1.82, 2.24) is 9.78 Å². The van der Waals surface area contributed by atoms with Crippen molar-refractivity contribution in [2.24, 2.45) is 7.05 Å². The van der Waals surface area contributed by atoms with Crippen LogP contribution in [0.3, 0.4) is 0 Å². The Morgan fingerprint density at radius 1 is 1.08 bits per heavy atom. The molecule has 0 saturated heterocycles. The third-order valence-electron chi connectivity index (χ3n) is 3.88. The molecule has 3 rings (SSSR count). The molecule has 0 saturated carbocycles. The molecule has 3 aromatic rings. The monoisotopic (exact) mass is 354 g/mol. The van der Waals surface area contributed by atoms with Crippen LogP contribution < -0.4 is 5.56 Å². The second kappa shape index (κ2) is 7.26. The van der Waals surface area contributed by atoms with E-state index in [2.05, 4.69) is 5.10 Å². The lowest BCUT2D eigenvalue weighted by molar-refractivity contribution is -0.141. The number of benzene rings is 2. The van der Waals surface area contributed by atoms with E-state index in [1.165, 1.54) is 19.2 Å². The molecule has 7 heteroatoms. The molecular formula is C19H15FN2O4. The van der Waals surface area contributed by atoms with Gasteiger partial charge in [0.2, 0.25) is 0 Å². The van der Waals surface area contributed by atoms with E-state index in [1.807, 2.05) is 0 Å². The van der Waals surface area contributed by atoms with E-state index in [0.717, 1.165) is 16.8 Å². The van der Waals surface area contributed by atoms with Gasteiger partial charge >= 0.3 is 5.97 Å². The van der Waals surface area contributed by atoms with E-state index in [-0.39, 0.29) is 17.5 Å². The van der Waals surface area contributed by atoms with Crippen molar-refractivity contribution in [1.29, 1.82) is 0 Å². The smallest absolute Gasteiger partial charge is 0.312 e. The maximum absolute atomic E-state index is 12.9. The highest BCUT2D eigenvalue weighted by molar-refractivity contribution is 5.98. The van der Waals surface area contributed by atoms with E-state index in [4.69, 9.17) is 4.74 Å². The van der Waals surface area contributed by atoms with Crippen molar-refractivity contribution in [3.05, 3.63) is 76.0 Å². The number of ether oxygens (including phenoxy) is 1. The minimum Gasteiger partial charge on any atom is -0.457 e. The van der Waals surface area contributed by atoms with Crippen LogP contribution >= 0.6 is 0 Å². The van der Waals surface area contributed by atoms with E-state index < -0.39 is 24.2 Å². The predicted octanol–water partition coefficient (Wildman–Crippen LogP) is 2.04. The molecule has 0 bridgehead atoms. The van der Waals surface area contributed by atoms with E-state index >= 15 is 0 Å². The zero-order chi connectivity index (χ0) is 18.7. The molecule has 6 nitrogen and oxygen atoms in total. The fraction of sp³-hybridized carbons (Fsp3) is 0.158. The average molecular weight is 354 g/mol. The molecule has 0 atom stereocenters. The fourth-order valence-corrected chi connectivity index (χ4v) is 2.56. The summed E-state index contributed by atoms with van der Waals surface area (Å²) >= 11 is 0. The highest BCUT2D eigenvalue weighted by Gasteiger charge is 2.15. The molecule has 0 aliphatic rings. The number of aromatic nitrogens is 2. The molecule has 0 amide bonds. The van der Waals surface area contributed by atoms with Crippen molar-refractivity contribution in [2.75, 3.05) is 6.61 Å². The number of ketones is 1. The topological polar surface area (TPSA) is 78.3 Å². The summed E-state index contributed by atoms with van der Waals surface area (Å²) in [6.07, 6.45) is -0.175. The Labute approximate surface area is 147 Å². The Bertz CT molecular complexity index is 1040. The normalized spacial score (nSPS) is 10.7. The number of esters is 1. The van der Waals surface area contributed by atoms with Crippen LogP contribution in [-0.2, 0) is 23.0 Å². The van der Waals surface area contributed by atoms with Crippen LogP contribution in [0.5, 0.6) is 0 Å². The van der Waals surface area contributed by atoms with Crippen LogP contribution in [0.1, 0.15) is 16.1 Å². The van der Waals surface area contributed by atoms with E-state index in [9.17, 15) is 18.8 Å². The van der Waals surface area contributed by atoms with Gasteiger partial charge in [-0.05, 0) is 30.3 Å². The maximum atomic E-state index is 12.9. The molecule has 0 unspecified atom stereocenters. The first-order chi connectivity index (χ1) is 12.5. The summed E-state index contributed by atoms with van der Waals surface area (Å²) < 4.78 is 19.0. The van der Waals surface area contributed by atoms with Gasteiger partial charge in [0.1, 0.15) is 5.82 Å². The van der Waals surface area contributed by atoms with Gasteiger partial charge in [-0.15, -0.1) is 0 Å². The number of carbonyl (C=O) groups excluding carboxylic acids is 2. The number of rotatable bonds is 5. The number of nitrogens with zero attached hydrogens (tertiary/aromatic N) is 2. The molecule has 0 aliphatic heterocycles. The Morgan fingerprint density at radius 3 is 2.42 bits per heavy atom. The molecule has 1 heterocycles. The summed E-state index contributed by atoms with van der Waals surface area (Å²) in [6, 6.07) is 11.8. The van der Waals surface area contributed by atoms with Gasteiger partial charge in [0, 0.05) is 18.0 Å². The number of hydrogen-bond donors (Lipinski definition) is 0. The van der Waals surface area contributed by atoms with Crippen LogP contribution in [0.4, 0.5) is 4.39 Å². The lowest BCUT2D eigenvalue weighted by Gasteiger charge is -2.08. The number of hydrogen-bond acceptors (Lipinski definition) is 5. The summed E-state index contributed by atoms with van der Waals surface area (Å²) in [7, 11) is 1.50. The lowest BCUT2D eigenvalue weighted by atomic mass is 10.1. The third-order valence-corrected chi connectivity index (χ3v) is 3.88. The Balaban J connectivity index is 1.72. The molecule has 0 radical (unpaired) electrons. The quantitative estimate of drug-likeness (QED) is 0.518. The van der Waals surface area contributed by atoms with Crippen LogP contribution in [0.2, 0.25) is 0 Å². The van der Waals surface area contributed by atoms with Crippen LogP contribution in [0, 0.1) is 5.82 Å². The van der Waals surface area contributed by atoms with Crippen molar-refractivity contribution < 1.29 is 18.7 Å². The maximum Gasteiger partial charge on any atom is 0.312 e. The summed E-state index contributed by atoms with van der Waals surface area (Å²) in [5.74, 6) is -1.53. The standard InChI is InChI=1S/C19H15FN2O4/c1-22-19(25)15-5-3-2-4-14(15)16(21-22)10-18(24)26-11-17(23)12-6-8-13(20)9-7-12/h2-9H,10-11H2,1H3. The minimum atomic E-state index is -0.642. The molecule has 2 aromatic carbocycles. The van der Waals surface area contributed by atoms with Crippen molar-refractivity contribution in [3.63, 3.8) is 0 Å². The third kappa shape index (κ3) is 3.66. The summed E-state index contributed by atoms with van der Waals surface area (Å²) in [4.78, 5) is 36.1. The van der Waals surface area contributed by atoms with Gasteiger partial charge in [0.25, 0.3) is 5.56 Å². The van der Waals surface area contributed by atoms with Crippen LogP contribution in [0.25, 0.3) is 10.8 Å². The van der Waals surface area contributed by atoms with Gasteiger partial charge in [-0.1, -0.05) is 18.2 Å². The number of fused-ring (bicyclic) bond motifs is 1. The first-order valence-corrected chi connectivity index (χ1v) is 7.85. The summed E-state index contributed by atoms with van der Waals surface area (Å²) in [6.45, 7) is -0.450. The first-order valence-electron chi connectivity index (χ1n) is 7.85. The minimum absolute atomic E-state index is 0.175. The van der Waals surface area contributed by atoms with Gasteiger partial charge in [0.05, 0.1) is 17.5 Å². The van der Waals surface area contributed by atoms with Crippen molar-refractivity contribution in [3.8, 4) is 0 Å². The van der Waals surface area contributed by atoms with Crippen LogP contribution in [0.15, 0.2) is 53.3 Å². The zero-order valence-corrected chi connectivity index (χ0v) is 13.9. The first kappa shape index (κ1) is 17.5. The molecule has 1 aromatic heterocycles. The Morgan fingerprint density at radius 2 is 1.73 bits per heavy atom. The molecule has 0 N–H and O–H groups in total. The van der Waals surface area contributed by atoms with Crippen molar-refractivity contribution >= 4 is 22.5 Å². The number of carbonyl (C=O) groups is 2. The predicted molar refractivity (Wildman–Crippen MR) is 92.4 cm³/mol. The van der Waals surface area contributed by atoms with E-state index in [1.54, 1.807) is 24.3 Å². The fourth-order valence-electron chi connectivity index (χ4n) is 2.56. The molecule has 0 fully saturated rings. The molecule has 26 heavy (non-hydrogen) atoms. The SMILES string of the molecule is Cn1nc(CC(=O)OCC(=O)c2ccc(F)cc2)c2ccccc2c1=O. The lowest BCUT2D eigenvalue weighted by Crippen LogP contribution is -2.23.